The molecule has 0 saturated heterocycles. The van der Waals surface area contributed by atoms with Gasteiger partial charge in [-0.1, -0.05) is 13.3 Å². The van der Waals surface area contributed by atoms with Crippen LogP contribution in [0.15, 0.2) is 24.4 Å². The minimum Gasteiger partial charge on any atom is -0.478 e. The largest absolute Gasteiger partial charge is 0.478 e. The van der Waals surface area contributed by atoms with Crippen molar-refractivity contribution in [2.45, 2.75) is 19.8 Å². The highest BCUT2D eigenvalue weighted by molar-refractivity contribution is 5.94. The van der Waals surface area contributed by atoms with E-state index in [2.05, 4.69) is 13.1 Å². The molecular weight excluding hydrogens is 202 g/mol. The molecule has 0 aliphatic rings. The summed E-state index contributed by atoms with van der Waals surface area (Å²) in [5.41, 5.74) is 2.67. The first-order valence-electron chi connectivity index (χ1n) is 5.44. The van der Waals surface area contributed by atoms with Crippen LogP contribution >= 0.6 is 0 Å². The highest BCUT2D eigenvalue weighted by Crippen LogP contribution is 2.23. The van der Waals surface area contributed by atoms with Gasteiger partial charge in [0, 0.05) is 24.1 Å². The van der Waals surface area contributed by atoms with E-state index >= 15 is 0 Å². The molecule has 1 N–H and O–H groups in total. The van der Waals surface area contributed by atoms with Crippen molar-refractivity contribution in [2.24, 2.45) is 7.05 Å². The Morgan fingerprint density at radius 2 is 2.19 bits per heavy atom. The number of carbonyl (C=O) groups is 1. The van der Waals surface area contributed by atoms with Crippen molar-refractivity contribution in [2.75, 3.05) is 0 Å². The SMILES string of the molecule is CCCc1cn(C)c2ccc(C(=O)O)cc12. The molecule has 16 heavy (non-hydrogen) atoms. The summed E-state index contributed by atoms with van der Waals surface area (Å²) in [6.45, 7) is 2.12. The summed E-state index contributed by atoms with van der Waals surface area (Å²) in [6, 6.07) is 5.29. The number of fused-ring (bicyclic) bond motifs is 1. The van der Waals surface area contributed by atoms with Crippen LogP contribution in [0.2, 0.25) is 0 Å². The third-order valence-electron chi connectivity index (χ3n) is 2.84. The van der Waals surface area contributed by atoms with Crippen molar-refractivity contribution < 1.29 is 9.90 Å². The fraction of sp³-hybridized carbons (Fsp3) is 0.308. The van der Waals surface area contributed by atoms with Crippen LogP contribution in [-0.4, -0.2) is 15.6 Å². The molecule has 0 aliphatic heterocycles. The predicted molar refractivity (Wildman–Crippen MR) is 63.9 cm³/mol. The summed E-state index contributed by atoms with van der Waals surface area (Å²) >= 11 is 0. The first kappa shape index (κ1) is 10.7. The molecule has 0 amide bonds. The highest BCUT2D eigenvalue weighted by atomic mass is 16.4. The van der Waals surface area contributed by atoms with Crippen LogP contribution in [-0.2, 0) is 13.5 Å². The normalized spacial score (nSPS) is 10.9. The average molecular weight is 217 g/mol. The molecule has 0 unspecified atom stereocenters. The second kappa shape index (κ2) is 4.00. The number of hydrogen-bond donors (Lipinski definition) is 1. The van der Waals surface area contributed by atoms with Gasteiger partial charge in [0.1, 0.15) is 0 Å². The molecule has 1 aromatic carbocycles. The van der Waals surface area contributed by atoms with Gasteiger partial charge in [0.25, 0.3) is 0 Å². The van der Waals surface area contributed by atoms with E-state index in [1.165, 1.54) is 5.56 Å². The molecule has 3 heteroatoms. The zero-order valence-electron chi connectivity index (χ0n) is 9.53. The maximum atomic E-state index is 10.9. The Bertz CT molecular complexity index is 540. The van der Waals surface area contributed by atoms with E-state index in [4.69, 9.17) is 5.11 Å². The maximum Gasteiger partial charge on any atom is 0.335 e. The van der Waals surface area contributed by atoms with Gasteiger partial charge in [-0.05, 0) is 30.2 Å². The van der Waals surface area contributed by atoms with Crippen LogP contribution in [0.1, 0.15) is 29.3 Å². The summed E-state index contributed by atoms with van der Waals surface area (Å²) in [4.78, 5) is 10.9. The summed E-state index contributed by atoms with van der Waals surface area (Å²) in [6.07, 6.45) is 4.14. The molecule has 1 aromatic heterocycles. The van der Waals surface area contributed by atoms with Crippen LogP contribution in [0.25, 0.3) is 10.9 Å². The number of benzene rings is 1. The third kappa shape index (κ3) is 1.69. The van der Waals surface area contributed by atoms with Crippen molar-refractivity contribution in [3.63, 3.8) is 0 Å². The smallest absolute Gasteiger partial charge is 0.335 e. The summed E-state index contributed by atoms with van der Waals surface area (Å²) in [5.74, 6) is -0.867. The van der Waals surface area contributed by atoms with Gasteiger partial charge >= 0.3 is 5.97 Å². The molecule has 1 heterocycles. The summed E-state index contributed by atoms with van der Waals surface area (Å²) < 4.78 is 2.05. The van der Waals surface area contributed by atoms with E-state index in [0.29, 0.717) is 5.56 Å². The van der Waals surface area contributed by atoms with Crippen LogP contribution < -0.4 is 0 Å². The Morgan fingerprint density at radius 3 is 2.81 bits per heavy atom. The number of aryl methyl sites for hydroxylation is 2. The van der Waals surface area contributed by atoms with E-state index < -0.39 is 5.97 Å². The van der Waals surface area contributed by atoms with Crippen LogP contribution in [0.4, 0.5) is 0 Å². The van der Waals surface area contributed by atoms with Crippen molar-refractivity contribution >= 4 is 16.9 Å². The first-order chi connectivity index (χ1) is 7.63. The quantitative estimate of drug-likeness (QED) is 0.859. The van der Waals surface area contributed by atoms with Gasteiger partial charge < -0.3 is 9.67 Å². The monoisotopic (exact) mass is 217 g/mol. The molecule has 0 spiro atoms. The fourth-order valence-corrected chi connectivity index (χ4v) is 2.08. The number of hydrogen-bond acceptors (Lipinski definition) is 1. The van der Waals surface area contributed by atoms with Crippen molar-refractivity contribution in [3.05, 3.63) is 35.5 Å². The average Bonchev–Trinajstić information content (AvgIpc) is 2.56. The summed E-state index contributed by atoms with van der Waals surface area (Å²) in [5, 5.41) is 10.0. The van der Waals surface area contributed by atoms with Gasteiger partial charge in [0.2, 0.25) is 0 Å². The number of nitrogens with zero attached hydrogens (tertiary/aromatic N) is 1. The Morgan fingerprint density at radius 1 is 1.44 bits per heavy atom. The van der Waals surface area contributed by atoms with Crippen molar-refractivity contribution in [1.29, 1.82) is 0 Å². The number of aromatic nitrogens is 1. The maximum absolute atomic E-state index is 10.9. The van der Waals surface area contributed by atoms with E-state index in [0.717, 1.165) is 23.7 Å². The second-order valence-electron chi connectivity index (χ2n) is 4.05. The lowest BCUT2D eigenvalue weighted by atomic mass is 10.1. The Hall–Kier alpha value is -1.77. The highest BCUT2D eigenvalue weighted by Gasteiger charge is 2.09. The predicted octanol–water partition coefficient (Wildman–Crippen LogP) is 2.83. The number of carboxylic acid groups (broad SMARTS) is 1. The molecule has 0 radical (unpaired) electrons. The zero-order chi connectivity index (χ0) is 11.7. The second-order valence-corrected chi connectivity index (χ2v) is 4.05. The van der Waals surface area contributed by atoms with Gasteiger partial charge in [-0.2, -0.15) is 0 Å². The Labute approximate surface area is 94.3 Å². The molecule has 0 atom stereocenters. The van der Waals surface area contributed by atoms with Crippen molar-refractivity contribution in [3.8, 4) is 0 Å². The number of rotatable bonds is 3. The van der Waals surface area contributed by atoms with Gasteiger partial charge in [-0.3, -0.25) is 0 Å². The standard InChI is InChI=1S/C13H15NO2/c1-3-4-10-8-14(2)12-6-5-9(13(15)16)7-11(10)12/h5-8H,3-4H2,1-2H3,(H,15,16). The molecule has 0 fully saturated rings. The molecular formula is C13H15NO2. The Kier molecular flexibility index (Phi) is 2.69. The topological polar surface area (TPSA) is 42.2 Å². The molecule has 3 nitrogen and oxygen atoms in total. The minimum absolute atomic E-state index is 0.357. The zero-order valence-corrected chi connectivity index (χ0v) is 9.53. The van der Waals surface area contributed by atoms with Crippen LogP contribution in [0.5, 0.6) is 0 Å². The number of aromatic carboxylic acids is 1. The van der Waals surface area contributed by atoms with Gasteiger partial charge in [0.05, 0.1) is 5.56 Å². The molecule has 2 rings (SSSR count). The van der Waals surface area contributed by atoms with Crippen molar-refractivity contribution in [1.82, 2.24) is 4.57 Å². The molecule has 0 aliphatic carbocycles. The third-order valence-corrected chi connectivity index (χ3v) is 2.84. The fourth-order valence-electron chi connectivity index (χ4n) is 2.08. The van der Waals surface area contributed by atoms with Crippen LogP contribution in [0, 0.1) is 0 Å². The van der Waals surface area contributed by atoms with E-state index in [9.17, 15) is 4.79 Å². The molecule has 84 valence electrons. The molecule has 0 bridgehead atoms. The number of carboxylic acids is 1. The van der Waals surface area contributed by atoms with E-state index in [1.807, 2.05) is 17.7 Å². The lowest BCUT2D eigenvalue weighted by Gasteiger charge is -1.99. The van der Waals surface area contributed by atoms with E-state index in [-0.39, 0.29) is 0 Å². The lowest BCUT2D eigenvalue weighted by molar-refractivity contribution is 0.0697. The van der Waals surface area contributed by atoms with Gasteiger partial charge in [0.15, 0.2) is 0 Å². The van der Waals surface area contributed by atoms with E-state index in [1.54, 1.807) is 12.1 Å². The van der Waals surface area contributed by atoms with Gasteiger partial charge in [-0.25, -0.2) is 4.79 Å². The minimum atomic E-state index is -0.867. The van der Waals surface area contributed by atoms with Crippen LogP contribution in [0.3, 0.4) is 0 Å². The first-order valence-corrected chi connectivity index (χ1v) is 5.44. The molecule has 0 saturated carbocycles. The molecule has 2 aromatic rings. The van der Waals surface area contributed by atoms with Gasteiger partial charge in [-0.15, -0.1) is 0 Å². The Balaban J connectivity index is 2.64. The summed E-state index contributed by atoms with van der Waals surface area (Å²) in [7, 11) is 1.99. The lowest BCUT2D eigenvalue weighted by Crippen LogP contribution is -1.95.